The third kappa shape index (κ3) is 6.56. The number of halogens is 2. The van der Waals surface area contributed by atoms with Crippen LogP contribution in [-0.4, -0.2) is 36.6 Å². The highest BCUT2D eigenvalue weighted by molar-refractivity contribution is 14.0. The van der Waals surface area contributed by atoms with Crippen LogP contribution >= 0.6 is 24.0 Å². The molecule has 0 aliphatic carbocycles. The molecule has 1 saturated heterocycles. The largest absolute Gasteiger partial charge is 0.357 e. The van der Waals surface area contributed by atoms with Crippen LogP contribution in [0.15, 0.2) is 47.6 Å². The lowest BCUT2D eigenvalue weighted by atomic mass is 10.1. The molecule has 0 radical (unpaired) electrons. The molecule has 3 rings (SSSR count). The number of pyridine rings is 1. The number of aliphatic imine (C=N–C) groups is 1. The fourth-order valence-electron chi connectivity index (χ4n) is 3.24. The normalized spacial score (nSPS) is 14.7. The van der Waals surface area contributed by atoms with Gasteiger partial charge >= 0.3 is 0 Å². The number of rotatable bonds is 5. The van der Waals surface area contributed by atoms with Gasteiger partial charge in [0.1, 0.15) is 11.6 Å². The number of nitriles is 1. The van der Waals surface area contributed by atoms with Crippen LogP contribution in [0.5, 0.6) is 0 Å². The summed E-state index contributed by atoms with van der Waals surface area (Å²) in [5, 5.41) is 15.7. The molecule has 1 aliphatic rings. The summed E-state index contributed by atoms with van der Waals surface area (Å²) in [6.45, 7) is 4.75. The molecule has 0 spiro atoms. The molecule has 0 amide bonds. The molecular weight excluding hydrogens is 482 g/mol. The Morgan fingerprint density at radius 2 is 2.10 bits per heavy atom. The van der Waals surface area contributed by atoms with Crippen LogP contribution in [0.2, 0.25) is 0 Å². The van der Waals surface area contributed by atoms with Gasteiger partial charge in [-0.15, -0.1) is 24.0 Å². The number of hydrogen-bond donors (Lipinski definition) is 2. The first-order valence-electron chi connectivity index (χ1n) is 9.59. The van der Waals surface area contributed by atoms with Gasteiger partial charge in [-0.25, -0.2) is 14.4 Å². The molecule has 1 fully saturated rings. The van der Waals surface area contributed by atoms with E-state index in [1.165, 1.54) is 12.1 Å². The third-order valence-electron chi connectivity index (χ3n) is 4.74. The van der Waals surface area contributed by atoms with E-state index in [9.17, 15) is 4.39 Å². The molecule has 2 heterocycles. The highest BCUT2D eigenvalue weighted by atomic mass is 127. The maximum atomic E-state index is 14.0. The van der Waals surface area contributed by atoms with E-state index in [2.05, 4.69) is 25.5 Å². The molecule has 1 aromatic carbocycles. The van der Waals surface area contributed by atoms with E-state index in [1.54, 1.807) is 6.07 Å². The van der Waals surface area contributed by atoms with Crippen LogP contribution in [0.4, 0.5) is 10.2 Å². The molecule has 0 atom stereocenters. The Balaban J connectivity index is 0.00000300. The first kappa shape index (κ1) is 22.9. The van der Waals surface area contributed by atoms with Crippen molar-refractivity contribution in [3.8, 4) is 6.07 Å². The van der Waals surface area contributed by atoms with Gasteiger partial charge in [0.15, 0.2) is 5.96 Å². The molecule has 1 aromatic heterocycles. The van der Waals surface area contributed by atoms with Crippen LogP contribution in [0.25, 0.3) is 0 Å². The van der Waals surface area contributed by atoms with Gasteiger partial charge in [-0.3, -0.25) is 0 Å². The molecule has 6 nitrogen and oxygen atoms in total. The minimum Gasteiger partial charge on any atom is -0.357 e. The number of guanidine groups is 1. The number of benzene rings is 1. The molecule has 29 heavy (non-hydrogen) atoms. The van der Waals surface area contributed by atoms with Crippen LogP contribution in [0.3, 0.4) is 0 Å². The molecule has 1 aliphatic heterocycles. The molecule has 154 valence electrons. The predicted octanol–water partition coefficient (Wildman–Crippen LogP) is 3.43. The number of hydrogen-bond acceptors (Lipinski definition) is 4. The SMILES string of the molecule is CCNC(=NCc1cc(C#N)ccc1F)NC1CCN(c2ccccn2)CC1.I. The Morgan fingerprint density at radius 3 is 2.76 bits per heavy atom. The van der Waals surface area contributed by atoms with Crippen LogP contribution in [-0.2, 0) is 6.54 Å². The monoisotopic (exact) mass is 508 g/mol. The third-order valence-corrected chi connectivity index (χ3v) is 4.74. The van der Waals surface area contributed by atoms with Gasteiger partial charge in [0, 0.05) is 37.4 Å². The van der Waals surface area contributed by atoms with Crippen molar-refractivity contribution in [2.24, 2.45) is 4.99 Å². The van der Waals surface area contributed by atoms with Crippen molar-refractivity contribution < 1.29 is 4.39 Å². The summed E-state index contributed by atoms with van der Waals surface area (Å²) in [6.07, 6.45) is 3.76. The zero-order valence-electron chi connectivity index (χ0n) is 16.4. The van der Waals surface area contributed by atoms with Crippen molar-refractivity contribution in [2.75, 3.05) is 24.5 Å². The van der Waals surface area contributed by atoms with Crippen molar-refractivity contribution in [1.82, 2.24) is 15.6 Å². The van der Waals surface area contributed by atoms with Crippen LogP contribution in [0.1, 0.15) is 30.9 Å². The van der Waals surface area contributed by atoms with Gasteiger partial charge in [-0.1, -0.05) is 6.07 Å². The van der Waals surface area contributed by atoms with Crippen LogP contribution in [0, 0.1) is 17.1 Å². The average Bonchev–Trinajstić information content (AvgIpc) is 2.74. The summed E-state index contributed by atoms with van der Waals surface area (Å²) < 4.78 is 14.0. The first-order valence-corrected chi connectivity index (χ1v) is 9.59. The Bertz CT molecular complexity index is 844. The fraction of sp³-hybridized carbons (Fsp3) is 0.381. The average molecular weight is 508 g/mol. The lowest BCUT2D eigenvalue weighted by Gasteiger charge is -2.33. The number of nitrogens with zero attached hydrogens (tertiary/aromatic N) is 4. The Labute approximate surface area is 188 Å². The Morgan fingerprint density at radius 1 is 1.31 bits per heavy atom. The minimum atomic E-state index is -0.345. The van der Waals surface area contributed by atoms with Gasteiger partial charge < -0.3 is 15.5 Å². The number of piperidine rings is 1. The quantitative estimate of drug-likeness (QED) is 0.368. The zero-order valence-corrected chi connectivity index (χ0v) is 18.8. The van der Waals surface area contributed by atoms with E-state index in [0.717, 1.165) is 38.3 Å². The second-order valence-electron chi connectivity index (χ2n) is 6.71. The predicted molar refractivity (Wildman–Crippen MR) is 124 cm³/mol. The highest BCUT2D eigenvalue weighted by Gasteiger charge is 2.20. The molecule has 0 unspecified atom stereocenters. The van der Waals surface area contributed by atoms with E-state index in [1.807, 2.05) is 37.4 Å². The van der Waals surface area contributed by atoms with Gasteiger partial charge in [-0.05, 0) is 50.1 Å². The highest BCUT2D eigenvalue weighted by Crippen LogP contribution is 2.17. The molecule has 8 heteroatoms. The smallest absolute Gasteiger partial charge is 0.191 e. The zero-order chi connectivity index (χ0) is 19.8. The minimum absolute atomic E-state index is 0. The second-order valence-corrected chi connectivity index (χ2v) is 6.71. The number of nitrogens with one attached hydrogen (secondary N) is 2. The topological polar surface area (TPSA) is 76.3 Å². The van der Waals surface area contributed by atoms with Gasteiger partial charge in [0.05, 0.1) is 18.2 Å². The standard InChI is InChI=1S/C21H25FN6.HI/c1-2-24-21(26-15-17-13-16(14-23)6-7-19(17)22)27-18-8-11-28(12-9-18)20-5-3-4-10-25-20;/h3-7,10,13,18H,2,8-9,11-12,15H2,1H3,(H2,24,26,27);1H. The summed E-state index contributed by atoms with van der Waals surface area (Å²) in [4.78, 5) is 11.2. The number of aromatic nitrogens is 1. The van der Waals surface area contributed by atoms with Crippen molar-refractivity contribution >= 4 is 35.8 Å². The Hall–Kier alpha value is -2.41. The van der Waals surface area contributed by atoms with E-state index < -0.39 is 0 Å². The van der Waals surface area contributed by atoms with Crippen LogP contribution < -0.4 is 15.5 Å². The fourth-order valence-corrected chi connectivity index (χ4v) is 3.24. The second kappa shape index (κ2) is 11.6. The van der Waals surface area contributed by atoms with E-state index in [0.29, 0.717) is 23.1 Å². The van der Waals surface area contributed by atoms with Crippen molar-refractivity contribution in [3.05, 3.63) is 59.5 Å². The molecule has 2 aromatic rings. The maximum absolute atomic E-state index is 14.0. The summed E-state index contributed by atoms with van der Waals surface area (Å²) in [7, 11) is 0. The molecule has 0 bridgehead atoms. The van der Waals surface area contributed by atoms with Gasteiger partial charge in [-0.2, -0.15) is 5.26 Å². The molecular formula is C21H26FIN6. The van der Waals surface area contributed by atoms with Gasteiger partial charge in [0.2, 0.25) is 0 Å². The van der Waals surface area contributed by atoms with E-state index >= 15 is 0 Å². The maximum Gasteiger partial charge on any atom is 0.191 e. The van der Waals surface area contributed by atoms with E-state index in [-0.39, 0.29) is 36.3 Å². The lowest BCUT2D eigenvalue weighted by molar-refractivity contribution is 0.459. The van der Waals surface area contributed by atoms with E-state index in [4.69, 9.17) is 5.26 Å². The lowest BCUT2D eigenvalue weighted by Crippen LogP contribution is -2.48. The Kier molecular flexibility index (Phi) is 9.12. The van der Waals surface area contributed by atoms with Crippen molar-refractivity contribution in [2.45, 2.75) is 32.4 Å². The summed E-state index contributed by atoms with van der Waals surface area (Å²) in [6, 6.07) is 12.6. The molecule has 2 N–H and O–H groups in total. The van der Waals surface area contributed by atoms with Crippen molar-refractivity contribution in [1.29, 1.82) is 5.26 Å². The summed E-state index contributed by atoms with van der Waals surface area (Å²) in [5.41, 5.74) is 0.854. The first-order chi connectivity index (χ1) is 13.7. The number of anilines is 1. The summed E-state index contributed by atoms with van der Waals surface area (Å²) in [5.74, 6) is 1.33. The van der Waals surface area contributed by atoms with Crippen molar-refractivity contribution in [3.63, 3.8) is 0 Å². The summed E-state index contributed by atoms with van der Waals surface area (Å²) >= 11 is 0. The van der Waals surface area contributed by atoms with Gasteiger partial charge in [0.25, 0.3) is 0 Å². The molecule has 0 saturated carbocycles.